The van der Waals surface area contributed by atoms with Gasteiger partial charge in [-0.05, 0) is 55.3 Å². The summed E-state index contributed by atoms with van der Waals surface area (Å²) in [6, 6.07) is 11.0. The Kier molecular flexibility index (Phi) is 4.82. The van der Waals surface area contributed by atoms with E-state index in [4.69, 9.17) is 9.47 Å². The van der Waals surface area contributed by atoms with E-state index in [-0.39, 0.29) is 24.5 Å². The smallest absolute Gasteiger partial charge is 0.257 e. The van der Waals surface area contributed by atoms with Crippen LogP contribution < -0.4 is 19.7 Å². The first kappa shape index (κ1) is 19.5. The van der Waals surface area contributed by atoms with Crippen LogP contribution in [0, 0.1) is 13.8 Å². The van der Waals surface area contributed by atoms with Gasteiger partial charge in [0, 0.05) is 30.1 Å². The number of hydrogen-bond acceptors (Lipinski definition) is 7. The van der Waals surface area contributed by atoms with Gasteiger partial charge in [0.2, 0.25) is 17.8 Å². The third kappa shape index (κ3) is 3.72. The maximum atomic E-state index is 12.6. The molecule has 8 nitrogen and oxygen atoms in total. The zero-order chi connectivity index (χ0) is 21.5. The van der Waals surface area contributed by atoms with Gasteiger partial charge in [0.25, 0.3) is 5.91 Å². The Morgan fingerprint density at radius 2 is 1.94 bits per heavy atom. The van der Waals surface area contributed by atoms with Crippen LogP contribution in [0.2, 0.25) is 0 Å². The number of nitrogens with zero attached hydrogens (tertiary/aromatic N) is 3. The average Bonchev–Trinajstić information content (AvgIpc) is 3.49. The van der Waals surface area contributed by atoms with E-state index in [0.29, 0.717) is 35.2 Å². The molecule has 5 rings (SSSR count). The van der Waals surface area contributed by atoms with Gasteiger partial charge in [0.1, 0.15) is 5.01 Å². The molecule has 0 radical (unpaired) electrons. The van der Waals surface area contributed by atoms with Crippen LogP contribution in [-0.2, 0) is 4.79 Å². The number of ether oxygens (including phenoxy) is 2. The van der Waals surface area contributed by atoms with Gasteiger partial charge in [-0.2, -0.15) is 0 Å². The van der Waals surface area contributed by atoms with Crippen LogP contribution in [0.3, 0.4) is 0 Å². The van der Waals surface area contributed by atoms with Gasteiger partial charge in [-0.3, -0.25) is 14.9 Å². The van der Waals surface area contributed by atoms with E-state index in [2.05, 4.69) is 15.5 Å². The summed E-state index contributed by atoms with van der Waals surface area (Å²) in [6.07, 6.45) is 0.373. The highest BCUT2D eigenvalue weighted by Crippen LogP contribution is 2.35. The van der Waals surface area contributed by atoms with Crippen LogP contribution >= 0.6 is 11.3 Å². The summed E-state index contributed by atoms with van der Waals surface area (Å²) in [7, 11) is 0. The first-order valence-corrected chi connectivity index (χ1v) is 10.7. The van der Waals surface area contributed by atoms with Crippen LogP contribution in [-0.4, -0.2) is 35.3 Å². The van der Waals surface area contributed by atoms with Crippen molar-refractivity contribution >= 4 is 34.0 Å². The molecular weight excluding hydrogens is 416 g/mol. The van der Waals surface area contributed by atoms with Crippen molar-refractivity contribution in [2.45, 2.75) is 26.2 Å². The number of amides is 2. The summed E-state index contributed by atoms with van der Waals surface area (Å²) < 4.78 is 10.6. The second kappa shape index (κ2) is 7.66. The lowest BCUT2D eigenvalue weighted by atomic mass is 10.1. The van der Waals surface area contributed by atoms with Crippen LogP contribution in [0.5, 0.6) is 11.5 Å². The largest absolute Gasteiger partial charge is 0.454 e. The number of aryl methyl sites for hydroxylation is 2. The van der Waals surface area contributed by atoms with Gasteiger partial charge in [-0.25, -0.2) is 0 Å². The number of anilines is 2. The molecule has 0 bridgehead atoms. The molecule has 2 aliphatic heterocycles. The molecule has 2 aromatic carbocycles. The van der Waals surface area contributed by atoms with E-state index in [1.54, 1.807) is 23.1 Å². The van der Waals surface area contributed by atoms with Crippen molar-refractivity contribution in [3.05, 3.63) is 58.1 Å². The van der Waals surface area contributed by atoms with Crippen LogP contribution in [0.25, 0.3) is 0 Å². The van der Waals surface area contributed by atoms with Crippen molar-refractivity contribution in [3.8, 4) is 11.5 Å². The van der Waals surface area contributed by atoms with Gasteiger partial charge in [-0.1, -0.05) is 17.4 Å². The molecule has 31 heavy (non-hydrogen) atoms. The maximum absolute atomic E-state index is 12.6. The molecule has 2 aliphatic rings. The monoisotopic (exact) mass is 436 g/mol. The van der Waals surface area contributed by atoms with Crippen LogP contribution in [0.15, 0.2) is 36.4 Å². The second-order valence-corrected chi connectivity index (χ2v) is 8.65. The molecule has 1 atom stereocenters. The van der Waals surface area contributed by atoms with Crippen molar-refractivity contribution in [1.82, 2.24) is 10.2 Å². The fraction of sp³-hybridized carbons (Fsp3) is 0.273. The lowest BCUT2D eigenvalue weighted by Crippen LogP contribution is -2.24. The first-order valence-electron chi connectivity index (χ1n) is 9.90. The molecule has 2 amide bonds. The number of nitrogens with one attached hydrogen (secondary N) is 1. The first-order chi connectivity index (χ1) is 15.0. The summed E-state index contributed by atoms with van der Waals surface area (Å²) in [5.41, 5.74) is 3.69. The number of benzene rings is 2. The number of hydrogen-bond donors (Lipinski definition) is 1. The van der Waals surface area contributed by atoms with E-state index in [9.17, 15) is 9.59 Å². The second-order valence-electron chi connectivity index (χ2n) is 7.64. The maximum Gasteiger partial charge on any atom is 0.257 e. The van der Waals surface area contributed by atoms with E-state index in [1.807, 2.05) is 32.0 Å². The highest BCUT2D eigenvalue weighted by molar-refractivity contribution is 7.15. The Morgan fingerprint density at radius 3 is 2.77 bits per heavy atom. The Bertz CT molecular complexity index is 1190. The molecular formula is C22H20N4O4S. The van der Waals surface area contributed by atoms with Crippen molar-refractivity contribution in [1.29, 1.82) is 0 Å². The molecule has 1 N–H and O–H groups in total. The summed E-state index contributed by atoms with van der Waals surface area (Å²) in [6.45, 7) is 4.79. The molecule has 3 aromatic rings. The molecule has 3 heterocycles. The summed E-state index contributed by atoms with van der Waals surface area (Å²) in [5.74, 6) is 0.868. The molecule has 0 spiro atoms. The van der Waals surface area contributed by atoms with Crippen LogP contribution in [0.1, 0.15) is 38.8 Å². The van der Waals surface area contributed by atoms with Gasteiger partial charge in [-0.15, -0.1) is 10.2 Å². The minimum atomic E-state index is -0.305. The van der Waals surface area contributed by atoms with Gasteiger partial charge < -0.3 is 14.4 Å². The predicted molar refractivity (Wildman–Crippen MR) is 116 cm³/mol. The molecule has 0 aliphatic carbocycles. The summed E-state index contributed by atoms with van der Waals surface area (Å²) in [5, 5.41) is 12.2. The topological polar surface area (TPSA) is 93.7 Å². The predicted octanol–water partition coefficient (Wildman–Crippen LogP) is 3.66. The Labute approximate surface area is 182 Å². The number of aromatic nitrogens is 2. The SMILES string of the molecule is Cc1ccc(N2C[C@@H](c3nnc(NC(=O)c4ccc5c(c4)OCO5)s3)CC2=O)cc1C. The summed E-state index contributed by atoms with van der Waals surface area (Å²) in [4.78, 5) is 27.0. The normalized spacial score (nSPS) is 17.3. The molecule has 0 saturated carbocycles. The Balaban J connectivity index is 1.28. The fourth-order valence-electron chi connectivity index (χ4n) is 3.67. The van der Waals surface area contributed by atoms with Crippen molar-refractivity contribution in [2.24, 2.45) is 0 Å². The lowest BCUT2D eigenvalue weighted by molar-refractivity contribution is -0.117. The van der Waals surface area contributed by atoms with Gasteiger partial charge in [0.15, 0.2) is 11.5 Å². The van der Waals surface area contributed by atoms with E-state index in [0.717, 1.165) is 16.3 Å². The molecule has 9 heteroatoms. The fourth-order valence-corrected chi connectivity index (χ4v) is 4.50. The number of carbonyl (C=O) groups excluding carboxylic acids is 2. The van der Waals surface area contributed by atoms with Crippen molar-refractivity contribution in [3.63, 3.8) is 0 Å². The zero-order valence-electron chi connectivity index (χ0n) is 17.0. The third-order valence-electron chi connectivity index (χ3n) is 5.57. The van der Waals surface area contributed by atoms with Crippen molar-refractivity contribution in [2.75, 3.05) is 23.6 Å². The van der Waals surface area contributed by atoms with E-state index in [1.165, 1.54) is 16.9 Å². The van der Waals surface area contributed by atoms with E-state index < -0.39 is 0 Å². The molecule has 1 fully saturated rings. The van der Waals surface area contributed by atoms with E-state index >= 15 is 0 Å². The van der Waals surface area contributed by atoms with Gasteiger partial charge in [0.05, 0.1) is 0 Å². The van der Waals surface area contributed by atoms with Crippen LogP contribution in [0.4, 0.5) is 10.8 Å². The third-order valence-corrected chi connectivity index (χ3v) is 6.57. The summed E-state index contributed by atoms with van der Waals surface area (Å²) >= 11 is 1.29. The minimum absolute atomic E-state index is 0.0530. The Morgan fingerprint density at radius 1 is 1.10 bits per heavy atom. The number of rotatable bonds is 4. The Hall–Kier alpha value is -3.46. The number of fused-ring (bicyclic) bond motifs is 1. The highest BCUT2D eigenvalue weighted by Gasteiger charge is 2.34. The van der Waals surface area contributed by atoms with Crippen molar-refractivity contribution < 1.29 is 19.1 Å². The quantitative estimate of drug-likeness (QED) is 0.671. The number of carbonyl (C=O) groups is 2. The standard InChI is InChI=1S/C22H20N4O4S/c1-12-3-5-16(7-13(12)2)26-10-15(9-19(26)27)21-24-25-22(31-21)23-20(28)14-4-6-17-18(8-14)30-11-29-17/h3-8,15H,9-11H2,1-2H3,(H,23,25,28)/t15-/m0/s1. The average molecular weight is 436 g/mol. The highest BCUT2D eigenvalue weighted by atomic mass is 32.1. The molecule has 1 aromatic heterocycles. The molecule has 0 unspecified atom stereocenters. The molecule has 158 valence electrons. The molecule has 1 saturated heterocycles. The minimum Gasteiger partial charge on any atom is -0.454 e. The lowest BCUT2D eigenvalue weighted by Gasteiger charge is -2.17. The zero-order valence-corrected chi connectivity index (χ0v) is 17.9. The van der Waals surface area contributed by atoms with Gasteiger partial charge >= 0.3 is 0 Å².